The zero-order valence-electron chi connectivity index (χ0n) is 16.9. The van der Waals surface area contributed by atoms with E-state index in [-0.39, 0.29) is 16.8 Å². The standard InChI is InChI=1S/C23H20Cl2N2O3S/c1-14-3-7-19(8-4-14)31(29,30)27-15(2)11-17-12-16(5-10-22(17)27)23(28)26-21-9-6-18(24)13-20(21)25/h3-10,12-13,15H,11H2,1-2H3,(H,26,28)/t15-/m1/s1. The summed E-state index contributed by atoms with van der Waals surface area (Å²) in [5.74, 6) is -0.334. The van der Waals surface area contributed by atoms with Crippen LogP contribution < -0.4 is 9.62 Å². The Morgan fingerprint density at radius 3 is 2.42 bits per heavy atom. The molecule has 0 saturated heterocycles. The summed E-state index contributed by atoms with van der Waals surface area (Å²) in [4.78, 5) is 13.0. The summed E-state index contributed by atoms with van der Waals surface area (Å²) in [5, 5.41) is 3.58. The molecule has 0 unspecified atom stereocenters. The van der Waals surface area contributed by atoms with Gasteiger partial charge in [-0.05, 0) is 74.4 Å². The molecule has 0 aliphatic carbocycles. The normalized spacial score (nSPS) is 15.6. The van der Waals surface area contributed by atoms with Gasteiger partial charge in [0, 0.05) is 16.6 Å². The molecule has 0 spiro atoms. The molecule has 3 aromatic rings. The molecule has 0 fully saturated rings. The Balaban J connectivity index is 1.63. The van der Waals surface area contributed by atoms with E-state index in [4.69, 9.17) is 23.2 Å². The van der Waals surface area contributed by atoms with E-state index >= 15 is 0 Å². The number of sulfonamides is 1. The van der Waals surface area contributed by atoms with E-state index in [1.54, 1.807) is 60.7 Å². The van der Waals surface area contributed by atoms with Gasteiger partial charge in [-0.25, -0.2) is 8.42 Å². The van der Waals surface area contributed by atoms with Crippen LogP contribution in [0.3, 0.4) is 0 Å². The smallest absolute Gasteiger partial charge is 0.264 e. The zero-order valence-corrected chi connectivity index (χ0v) is 19.2. The lowest BCUT2D eigenvalue weighted by Gasteiger charge is -2.24. The van der Waals surface area contributed by atoms with Gasteiger partial charge in [0.2, 0.25) is 0 Å². The number of nitrogens with zero attached hydrogens (tertiary/aromatic N) is 1. The lowest BCUT2D eigenvalue weighted by atomic mass is 10.1. The highest BCUT2D eigenvalue weighted by Crippen LogP contribution is 2.37. The Labute approximate surface area is 191 Å². The molecular weight excluding hydrogens is 455 g/mol. The van der Waals surface area contributed by atoms with Crippen LogP contribution in [-0.2, 0) is 16.4 Å². The molecule has 1 heterocycles. The van der Waals surface area contributed by atoms with Crippen molar-refractivity contribution in [1.82, 2.24) is 0 Å². The minimum atomic E-state index is -3.71. The lowest BCUT2D eigenvalue weighted by molar-refractivity contribution is 0.102. The molecule has 1 aliphatic rings. The van der Waals surface area contributed by atoms with E-state index in [0.29, 0.717) is 33.4 Å². The fourth-order valence-electron chi connectivity index (χ4n) is 3.72. The molecule has 1 aliphatic heterocycles. The van der Waals surface area contributed by atoms with Crippen molar-refractivity contribution in [1.29, 1.82) is 0 Å². The fraction of sp³-hybridized carbons (Fsp3) is 0.174. The summed E-state index contributed by atoms with van der Waals surface area (Å²) in [7, 11) is -3.71. The summed E-state index contributed by atoms with van der Waals surface area (Å²) < 4.78 is 28.0. The molecule has 8 heteroatoms. The third kappa shape index (κ3) is 4.15. The molecule has 0 saturated carbocycles. The number of hydrogen-bond acceptors (Lipinski definition) is 3. The first-order chi connectivity index (χ1) is 14.7. The summed E-state index contributed by atoms with van der Waals surface area (Å²) in [6.07, 6.45) is 0.517. The number of fused-ring (bicyclic) bond motifs is 1. The Morgan fingerprint density at radius 2 is 1.74 bits per heavy atom. The average Bonchev–Trinajstić information content (AvgIpc) is 3.06. The van der Waals surface area contributed by atoms with Crippen LogP contribution in [0.4, 0.5) is 11.4 Å². The van der Waals surface area contributed by atoms with Gasteiger partial charge in [0.05, 0.1) is 21.3 Å². The largest absolute Gasteiger partial charge is 0.321 e. The minimum Gasteiger partial charge on any atom is -0.321 e. The Bertz CT molecular complexity index is 1270. The monoisotopic (exact) mass is 474 g/mol. The second-order valence-electron chi connectivity index (χ2n) is 7.59. The van der Waals surface area contributed by atoms with Gasteiger partial charge in [-0.15, -0.1) is 0 Å². The van der Waals surface area contributed by atoms with Crippen molar-refractivity contribution in [2.24, 2.45) is 0 Å². The molecule has 1 amide bonds. The number of benzene rings is 3. The summed E-state index contributed by atoms with van der Waals surface area (Å²) in [6, 6.07) is 16.4. The van der Waals surface area contributed by atoms with Crippen molar-refractivity contribution in [2.45, 2.75) is 31.2 Å². The third-order valence-electron chi connectivity index (χ3n) is 5.25. The second kappa shape index (κ2) is 8.19. The molecule has 3 aromatic carbocycles. The number of anilines is 2. The van der Waals surface area contributed by atoms with Crippen LogP contribution in [0, 0.1) is 6.92 Å². The maximum atomic E-state index is 13.3. The highest BCUT2D eigenvalue weighted by molar-refractivity contribution is 7.92. The van der Waals surface area contributed by atoms with Gasteiger partial charge in [0.15, 0.2) is 0 Å². The van der Waals surface area contributed by atoms with Gasteiger partial charge in [-0.2, -0.15) is 0 Å². The Kier molecular flexibility index (Phi) is 5.73. The summed E-state index contributed by atoms with van der Waals surface area (Å²) in [6.45, 7) is 3.77. The van der Waals surface area contributed by atoms with Crippen LogP contribution >= 0.6 is 23.2 Å². The number of rotatable bonds is 4. The van der Waals surface area contributed by atoms with E-state index in [9.17, 15) is 13.2 Å². The fourth-order valence-corrected chi connectivity index (χ4v) is 5.87. The molecule has 4 rings (SSSR count). The van der Waals surface area contributed by atoms with E-state index < -0.39 is 10.0 Å². The number of hydrogen-bond donors (Lipinski definition) is 1. The van der Waals surface area contributed by atoms with Gasteiger partial charge in [0.25, 0.3) is 15.9 Å². The van der Waals surface area contributed by atoms with Gasteiger partial charge in [-0.1, -0.05) is 40.9 Å². The first kappa shape index (κ1) is 21.7. The van der Waals surface area contributed by atoms with Gasteiger partial charge in [0.1, 0.15) is 0 Å². The van der Waals surface area contributed by atoms with Crippen LogP contribution in [-0.4, -0.2) is 20.4 Å². The highest BCUT2D eigenvalue weighted by atomic mass is 35.5. The first-order valence-corrected chi connectivity index (χ1v) is 11.9. The Morgan fingerprint density at radius 1 is 1.03 bits per heavy atom. The highest BCUT2D eigenvalue weighted by Gasteiger charge is 2.36. The van der Waals surface area contributed by atoms with E-state index in [2.05, 4.69) is 5.32 Å². The van der Waals surface area contributed by atoms with Crippen molar-refractivity contribution >= 4 is 50.5 Å². The quantitative estimate of drug-likeness (QED) is 0.527. The van der Waals surface area contributed by atoms with Crippen LogP contribution in [0.5, 0.6) is 0 Å². The number of carbonyl (C=O) groups excluding carboxylic acids is 1. The van der Waals surface area contributed by atoms with E-state index in [1.807, 2.05) is 13.8 Å². The predicted molar refractivity (Wildman–Crippen MR) is 125 cm³/mol. The molecule has 1 atom stereocenters. The maximum absolute atomic E-state index is 13.3. The molecule has 160 valence electrons. The van der Waals surface area contributed by atoms with Crippen molar-refractivity contribution in [3.63, 3.8) is 0 Å². The number of amides is 1. The van der Waals surface area contributed by atoms with Crippen LogP contribution in [0.15, 0.2) is 65.6 Å². The topological polar surface area (TPSA) is 66.5 Å². The number of aryl methyl sites for hydroxylation is 1. The number of carbonyl (C=O) groups is 1. The van der Waals surface area contributed by atoms with Gasteiger partial charge >= 0.3 is 0 Å². The van der Waals surface area contributed by atoms with Gasteiger partial charge < -0.3 is 5.32 Å². The van der Waals surface area contributed by atoms with Crippen molar-refractivity contribution in [3.8, 4) is 0 Å². The minimum absolute atomic E-state index is 0.247. The van der Waals surface area contributed by atoms with Crippen molar-refractivity contribution < 1.29 is 13.2 Å². The number of nitrogens with one attached hydrogen (secondary N) is 1. The van der Waals surface area contributed by atoms with Crippen molar-refractivity contribution in [3.05, 3.63) is 87.4 Å². The van der Waals surface area contributed by atoms with Crippen molar-refractivity contribution in [2.75, 3.05) is 9.62 Å². The zero-order chi connectivity index (χ0) is 22.3. The molecule has 0 aromatic heterocycles. The maximum Gasteiger partial charge on any atom is 0.264 e. The molecule has 0 radical (unpaired) electrons. The van der Waals surface area contributed by atoms with Crippen LogP contribution in [0.1, 0.15) is 28.4 Å². The first-order valence-electron chi connectivity index (χ1n) is 9.67. The molecule has 1 N–H and O–H groups in total. The van der Waals surface area contributed by atoms with Crippen LogP contribution in [0.25, 0.3) is 0 Å². The molecule has 0 bridgehead atoms. The van der Waals surface area contributed by atoms with Gasteiger partial charge in [-0.3, -0.25) is 9.10 Å². The number of halogens is 2. The third-order valence-corrected chi connectivity index (χ3v) is 7.74. The van der Waals surface area contributed by atoms with E-state index in [0.717, 1.165) is 11.1 Å². The molecule has 5 nitrogen and oxygen atoms in total. The lowest BCUT2D eigenvalue weighted by Crippen LogP contribution is -2.35. The average molecular weight is 475 g/mol. The summed E-state index contributed by atoms with van der Waals surface area (Å²) in [5.41, 5.74) is 3.26. The second-order valence-corrected chi connectivity index (χ2v) is 10.2. The van der Waals surface area contributed by atoms with Crippen LogP contribution in [0.2, 0.25) is 10.0 Å². The van der Waals surface area contributed by atoms with E-state index in [1.165, 1.54) is 4.31 Å². The Hall–Kier alpha value is -2.54. The SMILES string of the molecule is Cc1ccc(S(=O)(=O)N2c3ccc(C(=O)Nc4ccc(Cl)cc4Cl)cc3C[C@H]2C)cc1. The summed E-state index contributed by atoms with van der Waals surface area (Å²) >= 11 is 12.0. The predicted octanol–water partition coefficient (Wildman–Crippen LogP) is 5.69. The molecule has 31 heavy (non-hydrogen) atoms. The molecular formula is C23H20Cl2N2O3S.